The van der Waals surface area contributed by atoms with Gasteiger partial charge in [0.1, 0.15) is 5.75 Å². The number of rotatable bonds is 3. The summed E-state index contributed by atoms with van der Waals surface area (Å²) in [5.74, 6) is -0.00399. The van der Waals surface area contributed by atoms with Crippen molar-refractivity contribution in [2.24, 2.45) is 0 Å². The van der Waals surface area contributed by atoms with Gasteiger partial charge >= 0.3 is 0 Å². The number of halogens is 1. The lowest BCUT2D eigenvalue weighted by atomic mass is 10.1. The molecule has 104 valence electrons. The number of hydrogen-bond donors (Lipinski definition) is 1. The number of carbonyl (C=O) groups excluding carboxylic acids is 1. The van der Waals surface area contributed by atoms with Gasteiger partial charge in [0.15, 0.2) is 0 Å². The number of carbonyl (C=O) groups is 1. The topological polar surface area (TPSA) is 40.5 Å². The maximum Gasteiger partial charge on any atom is 0.258 e. The van der Waals surface area contributed by atoms with E-state index in [1.165, 1.54) is 0 Å². The first-order chi connectivity index (χ1) is 9.52. The molecule has 2 rings (SSSR count). The second kappa shape index (κ2) is 5.97. The van der Waals surface area contributed by atoms with Crippen LogP contribution in [0.2, 0.25) is 5.02 Å². The first kappa shape index (κ1) is 14.4. The molecule has 2 aromatic carbocycles. The minimum absolute atomic E-state index is 0.135. The molecule has 0 saturated carbocycles. The highest BCUT2D eigenvalue weighted by Gasteiger charge is 2.17. The molecule has 0 radical (unpaired) electrons. The normalized spacial score (nSPS) is 10.3. The Morgan fingerprint density at radius 1 is 1.25 bits per heavy atom. The summed E-state index contributed by atoms with van der Waals surface area (Å²) in [5, 5.41) is 10.1. The Bertz CT molecular complexity index is 640. The third kappa shape index (κ3) is 2.94. The second-order valence-corrected chi connectivity index (χ2v) is 4.94. The molecule has 20 heavy (non-hydrogen) atoms. The lowest BCUT2D eigenvalue weighted by Gasteiger charge is -2.21. The van der Waals surface area contributed by atoms with Crippen LogP contribution in [-0.2, 0) is 0 Å². The van der Waals surface area contributed by atoms with Crippen LogP contribution in [0.4, 0.5) is 5.69 Å². The van der Waals surface area contributed by atoms with Crippen molar-refractivity contribution in [3.8, 4) is 5.75 Å². The molecule has 0 fully saturated rings. The quantitative estimate of drug-likeness (QED) is 0.927. The largest absolute Gasteiger partial charge is 0.508 e. The highest BCUT2D eigenvalue weighted by Crippen LogP contribution is 2.23. The highest BCUT2D eigenvalue weighted by atomic mass is 35.5. The molecule has 3 nitrogen and oxygen atoms in total. The van der Waals surface area contributed by atoms with Gasteiger partial charge in [0.25, 0.3) is 5.91 Å². The molecule has 4 heteroatoms. The fourth-order valence-electron chi connectivity index (χ4n) is 1.99. The van der Waals surface area contributed by atoms with Crippen LogP contribution in [0.15, 0.2) is 42.5 Å². The van der Waals surface area contributed by atoms with Crippen LogP contribution in [-0.4, -0.2) is 17.6 Å². The van der Waals surface area contributed by atoms with Crippen LogP contribution in [0.3, 0.4) is 0 Å². The molecule has 0 aliphatic rings. The molecule has 0 aliphatic carbocycles. The molecule has 0 atom stereocenters. The van der Waals surface area contributed by atoms with Crippen molar-refractivity contribution in [3.63, 3.8) is 0 Å². The van der Waals surface area contributed by atoms with Gasteiger partial charge in [0.05, 0.1) is 0 Å². The summed E-state index contributed by atoms with van der Waals surface area (Å²) < 4.78 is 0. The van der Waals surface area contributed by atoms with E-state index in [-0.39, 0.29) is 11.7 Å². The Balaban J connectivity index is 2.36. The van der Waals surface area contributed by atoms with Crippen LogP contribution < -0.4 is 4.90 Å². The van der Waals surface area contributed by atoms with Crippen LogP contribution in [0.1, 0.15) is 22.8 Å². The maximum absolute atomic E-state index is 12.5. The van der Waals surface area contributed by atoms with E-state index in [1.807, 2.05) is 19.9 Å². The Kier molecular flexibility index (Phi) is 4.30. The van der Waals surface area contributed by atoms with Crippen molar-refractivity contribution in [1.29, 1.82) is 0 Å². The monoisotopic (exact) mass is 289 g/mol. The Morgan fingerprint density at radius 3 is 2.60 bits per heavy atom. The van der Waals surface area contributed by atoms with E-state index in [0.717, 1.165) is 5.56 Å². The van der Waals surface area contributed by atoms with E-state index in [4.69, 9.17) is 11.6 Å². The van der Waals surface area contributed by atoms with Crippen molar-refractivity contribution >= 4 is 23.2 Å². The molecule has 1 N–H and O–H groups in total. The summed E-state index contributed by atoms with van der Waals surface area (Å²) in [4.78, 5) is 14.1. The average molecular weight is 290 g/mol. The van der Waals surface area contributed by atoms with Crippen LogP contribution in [0.25, 0.3) is 0 Å². The summed E-state index contributed by atoms with van der Waals surface area (Å²) in [6.07, 6.45) is 0. The van der Waals surface area contributed by atoms with Gasteiger partial charge in [0, 0.05) is 28.9 Å². The molecule has 2 aromatic rings. The number of aryl methyl sites for hydroxylation is 1. The van der Waals surface area contributed by atoms with Crippen molar-refractivity contribution in [2.45, 2.75) is 13.8 Å². The molecular weight excluding hydrogens is 274 g/mol. The summed E-state index contributed by atoms with van der Waals surface area (Å²) in [5.41, 5.74) is 2.13. The standard InChI is InChI=1S/C16H16ClNO2/c1-3-18(13-5-4-6-14(19)10-13)16(20)12-8-7-11(2)15(17)9-12/h4-10,19H,3H2,1-2H3. The fraction of sp³-hybridized carbons (Fsp3) is 0.188. The number of anilines is 1. The van der Waals surface area contributed by atoms with Gasteiger partial charge in [-0.05, 0) is 43.7 Å². The number of phenolic OH excluding ortho intramolecular Hbond substituents is 1. The highest BCUT2D eigenvalue weighted by molar-refractivity contribution is 6.31. The number of nitrogens with zero attached hydrogens (tertiary/aromatic N) is 1. The van der Waals surface area contributed by atoms with Crippen molar-refractivity contribution < 1.29 is 9.90 Å². The second-order valence-electron chi connectivity index (χ2n) is 4.53. The first-order valence-corrected chi connectivity index (χ1v) is 6.77. The van der Waals surface area contributed by atoms with E-state index >= 15 is 0 Å². The summed E-state index contributed by atoms with van der Waals surface area (Å²) in [7, 11) is 0. The lowest BCUT2D eigenvalue weighted by Crippen LogP contribution is -2.30. The zero-order valence-electron chi connectivity index (χ0n) is 11.4. The minimum Gasteiger partial charge on any atom is -0.508 e. The van der Waals surface area contributed by atoms with E-state index < -0.39 is 0 Å². The average Bonchev–Trinajstić information content (AvgIpc) is 2.42. The Morgan fingerprint density at radius 2 is 2.00 bits per heavy atom. The molecule has 0 aliphatic heterocycles. The number of benzene rings is 2. The molecule has 1 amide bonds. The van der Waals surface area contributed by atoms with Gasteiger partial charge in [-0.15, -0.1) is 0 Å². The molecule has 0 saturated heterocycles. The number of aromatic hydroxyl groups is 1. The van der Waals surface area contributed by atoms with Gasteiger partial charge < -0.3 is 10.0 Å². The molecule has 0 spiro atoms. The summed E-state index contributed by atoms with van der Waals surface area (Å²) in [6.45, 7) is 4.29. The van der Waals surface area contributed by atoms with Crippen LogP contribution >= 0.6 is 11.6 Å². The van der Waals surface area contributed by atoms with E-state index in [9.17, 15) is 9.90 Å². The van der Waals surface area contributed by atoms with Crippen LogP contribution in [0, 0.1) is 6.92 Å². The zero-order valence-corrected chi connectivity index (χ0v) is 12.2. The fourth-order valence-corrected chi connectivity index (χ4v) is 2.17. The lowest BCUT2D eigenvalue weighted by molar-refractivity contribution is 0.0988. The first-order valence-electron chi connectivity index (χ1n) is 6.40. The molecule has 0 heterocycles. The number of amides is 1. The summed E-state index contributed by atoms with van der Waals surface area (Å²) in [6, 6.07) is 11.9. The van der Waals surface area contributed by atoms with Gasteiger partial charge in [-0.3, -0.25) is 4.79 Å². The third-order valence-electron chi connectivity index (χ3n) is 3.12. The van der Waals surface area contributed by atoms with Crippen LogP contribution in [0.5, 0.6) is 5.75 Å². The van der Waals surface area contributed by atoms with Crippen molar-refractivity contribution in [3.05, 3.63) is 58.6 Å². The van der Waals surface area contributed by atoms with Gasteiger partial charge in [-0.2, -0.15) is 0 Å². The Labute approximate surface area is 123 Å². The van der Waals surface area contributed by atoms with E-state index in [2.05, 4.69) is 0 Å². The smallest absolute Gasteiger partial charge is 0.258 e. The van der Waals surface area contributed by atoms with Gasteiger partial charge in [0.2, 0.25) is 0 Å². The van der Waals surface area contributed by atoms with Crippen molar-refractivity contribution in [2.75, 3.05) is 11.4 Å². The molecule has 0 aromatic heterocycles. The van der Waals surface area contributed by atoms with Gasteiger partial charge in [-0.1, -0.05) is 23.7 Å². The summed E-state index contributed by atoms with van der Waals surface area (Å²) >= 11 is 6.07. The number of phenols is 1. The molecular formula is C16H16ClNO2. The van der Waals surface area contributed by atoms with Gasteiger partial charge in [-0.25, -0.2) is 0 Å². The predicted molar refractivity (Wildman–Crippen MR) is 81.6 cm³/mol. The predicted octanol–water partition coefficient (Wildman–Crippen LogP) is 4.02. The van der Waals surface area contributed by atoms with Crippen molar-refractivity contribution in [1.82, 2.24) is 0 Å². The SMILES string of the molecule is CCN(C(=O)c1ccc(C)c(Cl)c1)c1cccc(O)c1. The zero-order chi connectivity index (χ0) is 14.7. The van der Waals surface area contributed by atoms with E-state index in [1.54, 1.807) is 41.3 Å². The van der Waals surface area contributed by atoms with E-state index in [0.29, 0.717) is 22.8 Å². The number of hydrogen-bond acceptors (Lipinski definition) is 2. The molecule has 0 bridgehead atoms. The molecule has 0 unspecified atom stereocenters. The third-order valence-corrected chi connectivity index (χ3v) is 3.53. The maximum atomic E-state index is 12.5. The Hall–Kier alpha value is -2.00. The minimum atomic E-state index is -0.139.